The lowest BCUT2D eigenvalue weighted by Crippen LogP contribution is -2.44. The minimum atomic E-state index is -0.248. The molecule has 2 atom stereocenters. The lowest BCUT2D eigenvalue weighted by atomic mass is 10.0. The highest BCUT2D eigenvalue weighted by Crippen LogP contribution is 2.36. The zero-order chi connectivity index (χ0) is 16.4. The van der Waals surface area contributed by atoms with Crippen molar-refractivity contribution in [3.05, 3.63) is 29.8 Å². The molecular weight excluding hydrogens is 290 g/mol. The molecule has 2 aliphatic heterocycles. The van der Waals surface area contributed by atoms with Crippen LogP contribution in [-0.4, -0.2) is 35.0 Å². The van der Waals surface area contributed by atoms with Crippen molar-refractivity contribution >= 4 is 17.6 Å². The first-order valence-electron chi connectivity index (χ1n) is 8.55. The van der Waals surface area contributed by atoms with E-state index < -0.39 is 0 Å². The third-order valence-electron chi connectivity index (χ3n) is 4.72. The minimum absolute atomic E-state index is 0.0730. The second-order valence-electron chi connectivity index (χ2n) is 6.86. The number of benzene rings is 1. The van der Waals surface area contributed by atoms with Gasteiger partial charge in [0.25, 0.3) is 5.91 Å². The van der Waals surface area contributed by atoms with Crippen LogP contribution in [0.5, 0.6) is 0 Å². The maximum Gasteiger partial charge on any atom is 0.319 e. The van der Waals surface area contributed by atoms with E-state index in [4.69, 9.17) is 0 Å². The molecule has 3 amide bonds. The summed E-state index contributed by atoms with van der Waals surface area (Å²) in [6, 6.07) is 7.87. The second-order valence-corrected chi connectivity index (χ2v) is 6.86. The Bertz CT molecular complexity index is 584. The maximum absolute atomic E-state index is 12.9. The smallest absolute Gasteiger partial charge is 0.319 e. The van der Waals surface area contributed by atoms with Crippen LogP contribution in [0.3, 0.4) is 0 Å². The molecule has 2 heterocycles. The molecule has 0 radical (unpaired) electrons. The monoisotopic (exact) mass is 315 g/mol. The van der Waals surface area contributed by atoms with E-state index in [0.717, 1.165) is 25.7 Å². The Morgan fingerprint density at radius 3 is 2.48 bits per heavy atom. The second kappa shape index (κ2) is 6.60. The van der Waals surface area contributed by atoms with Crippen molar-refractivity contribution in [1.82, 2.24) is 10.2 Å². The van der Waals surface area contributed by atoms with Gasteiger partial charge in [0, 0.05) is 29.4 Å². The number of carbonyl (C=O) groups is 2. The van der Waals surface area contributed by atoms with E-state index in [0.29, 0.717) is 23.3 Å². The molecule has 0 spiro atoms. The van der Waals surface area contributed by atoms with E-state index in [-0.39, 0.29) is 18.0 Å². The van der Waals surface area contributed by atoms with Gasteiger partial charge in [-0.2, -0.15) is 0 Å². The van der Waals surface area contributed by atoms with Crippen LogP contribution in [0.4, 0.5) is 10.5 Å². The Balaban J connectivity index is 1.72. The van der Waals surface area contributed by atoms with E-state index >= 15 is 0 Å². The Labute approximate surface area is 137 Å². The fourth-order valence-electron chi connectivity index (χ4n) is 3.76. The summed E-state index contributed by atoms with van der Waals surface area (Å²) < 4.78 is 0. The van der Waals surface area contributed by atoms with Crippen LogP contribution in [0, 0.1) is 0 Å². The summed E-state index contributed by atoms with van der Waals surface area (Å²) in [4.78, 5) is 26.8. The number of anilines is 1. The number of amides is 3. The molecule has 2 bridgehead atoms. The summed E-state index contributed by atoms with van der Waals surface area (Å²) in [7, 11) is 0. The van der Waals surface area contributed by atoms with Gasteiger partial charge in [0.05, 0.1) is 0 Å². The Hall–Kier alpha value is -2.04. The van der Waals surface area contributed by atoms with Crippen LogP contribution in [0.15, 0.2) is 24.3 Å². The SMILES string of the molecule is CC(C)NC(=O)Nc1cccc(C(=O)N2C3CCCC2CC3)c1. The number of nitrogens with zero attached hydrogens (tertiary/aromatic N) is 1. The largest absolute Gasteiger partial charge is 0.336 e. The number of nitrogens with one attached hydrogen (secondary N) is 2. The van der Waals surface area contributed by atoms with Crippen LogP contribution in [0.1, 0.15) is 56.3 Å². The molecule has 2 unspecified atom stereocenters. The summed E-state index contributed by atoms with van der Waals surface area (Å²) in [5.74, 6) is 0.102. The number of hydrogen-bond donors (Lipinski definition) is 2. The molecule has 2 saturated heterocycles. The van der Waals surface area contributed by atoms with Crippen molar-refractivity contribution in [2.45, 2.75) is 64.1 Å². The van der Waals surface area contributed by atoms with Gasteiger partial charge in [-0.15, -0.1) is 0 Å². The van der Waals surface area contributed by atoms with E-state index in [9.17, 15) is 9.59 Å². The van der Waals surface area contributed by atoms with Gasteiger partial charge in [0.1, 0.15) is 0 Å². The molecule has 3 rings (SSSR count). The molecule has 0 saturated carbocycles. The lowest BCUT2D eigenvalue weighted by molar-refractivity contribution is 0.0595. The fraction of sp³-hybridized carbons (Fsp3) is 0.556. The molecule has 124 valence electrons. The molecule has 2 fully saturated rings. The van der Waals surface area contributed by atoms with Crippen LogP contribution < -0.4 is 10.6 Å². The normalized spacial score (nSPS) is 23.0. The van der Waals surface area contributed by atoms with E-state index in [1.807, 2.05) is 32.0 Å². The van der Waals surface area contributed by atoms with Gasteiger partial charge in [-0.1, -0.05) is 6.07 Å². The summed E-state index contributed by atoms with van der Waals surface area (Å²) in [6.45, 7) is 3.82. The highest BCUT2D eigenvalue weighted by Gasteiger charge is 2.39. The van der Waals surface area contributed by atoms with Crippen molar-refractivity contribution in [3.63, 3.8) is 0 Å². The van der Waals surface area contributed by atoms with Gasteiger partial charge in [0.2, 0.25) is 0 Å². The minimum Gasteiger partial charge on any atom is -0.336 e. The average Bonchev–Trinajstić information content (AvgIpc) is 2.74. The summed E-state index contributed by atoms with van der Waals surface area (Å²) in [5, 5.41) is 5.57. The number of carbonyl (C=O) groups excluding carboxylic acids is 2. The summed E-state index contributed by atoms with van der Waals surface area (Å²) >= 11 is 0. The van der Waals surface area contributed by atoms with Crippen molar-refractivity contribution < 1.29 is 9.59 Å². The van der Waals surface area contributed by atoms with Crippen LogP contribution in [0.2, 0.25) is 0 Å². The fourth-order valence-corrected chi connectivity index (χ4v) is 3.76. The molecule has 5 nitrogen and oxygen atoms in total. The standard InChI is InChI=1S/C18H25N3O2/c1-12(2)19-18(23)20-14-6-3-5-13(11-14)17(22)21-15-7-4-8-16(21)10-9-15/h3,5-6,11-12,15-16H,4,7-10H2,1-2H3,(H2,19,20,23). The van der Waals surface area contributed by atoms with Crippen molar-refractivity contribution in [3.8, 4) is 0 Å². The molecule has 1 aromatic rings. The predicted molar refractivity (Wildman–Crippen MR) is 90.6 cm³/mol. The van der Waals surface area contributed by atoms with Gasteiger partial charge in [-0.25, -0.2) is 4.79 Å². The topological polar surface area (TPSA) is 61.4 Å². The number of fused-ring (bicyclic) bond motifs is 2. The molecule has 2 N–H and O–H groups in total. The van der Waals surface area contributed by atoms with Crippen LogP contribution >= 0.6 is 0 Å². The number of rotatable bonds is 3. The molecular formula is C18H25N3O2. The van der Waals surface area contributed by atoms with Gasteiger partial charge < -0.3 is 15.5 Å². The molecule has 23 heavy (non-hydrogen) atoms. The number of urea groups is 1. The molecule has 5 heteroatoms. The Morgan fingerprint density at radius 1 is 1.13 bits per heavy atom. The van der Waals surface area contributed by atoms with Gasteiger partial charge in [-0.3, -0.25) is 4.79 Å². The lowest BCUT2D eigenvalue weighted by Gasteiger charge is -2.35. The Kier molecular flexibility index (Phi) is 4.55. The first kappa shape index (κ1) is 15.8. The predicted octanol–water partition coefficient (Wildman–Crippen LogP) is 3.37. The zero-order valence-corrected chi connectivity index (χ0v) is 13.8. The molecule has 0 aliphatic carbocycles. The highest BCUT2D eigenvalue weighted by atomic mass is 16.2. The van der Waals surface area contributed by atoms with Gasteiger partial charge in [0.15, 0.2) is 0 Å². The van der Waals surface area contributed by atoms with Crippen molar-refractivity contribution in [2.75, 3.05) is 5.32 Å². The van der Waals surface area contributed by atoms with Crippen molar-refractivity contribution in [2.24, 2.45) is 0 Å². The quantitative estimate of drug-likeness (QED) is 0.898. The highest BCUT2D eigenvalue weighted by molar-refractivity contribution is 5.97. The van der Waals surface area contributed by atoms with Gasteiger partial charge >= 0.3 is 6.03 Å². The first-order valence-corrected chi connectivity index (χ1v) is 8.55. The molecule has 2 aliphatic rings. The van der Waals surface area contributed by atoms with E-state index in [1.54, 1.807) is 6.07 Å². The summed E-state index contributed by atoms with van der Waals surface area (Å²) in [5.41, 5.74) is 1.31. The maximum atomic E-state index is 12.9. The molecule has 0 aromatic heterocycles. The average molecular weight is 315 g/mol. The van der Waals surface area contributed by atoms with E-state index in [1.165, 1.54) is 6.42 Å². The molecule has 1 aromatic carbocycles. The van der Waals surface area contributed by atoms with Crippen LogP contribution in [0.25, 0.3) is 0 Å². The Morgan fingerprint density at radius 2 is 1.83 bits per heavy atom. The summed E-state index contributed by atoms with van der Waals surface area (Å²) in [6.07, 6.45) is 5.74. The first-order chi connectivity index (χ1) is 11.0. The number of hydrogen-bond acceptors (Lipinski definition) is 2. The zero-order valence-electron chi connectivity index (χ0n) is 13.8. The van der Waals surface area contributed by atoms with Crippen LogP contribution in [-0.2, 0) is 0 Å². The van der Waals surface area contributed by atoms with Crippen molar-refractivity contribution in [1.29, 1.82) is 0 Å². The third kappa shape index (κ3) is 3.49. The van der Waals surface area contributed by atoms with E-state index in [2.05, 4.69) is 15.5 Å². The van der Waals surface area contributed by atoms with Gasteiger partial charge in [-0.05, 0) is 64.2 Å². The third-order valence-corrected chi connectivity index (χ3v) is 4.72. The number of piperidine rings is 1.